The summed E-state index contributed by atoms with van der Waals surface area (Å²) in [5.41, 5.74) is 4.96. The lowest BCUT2D eigenvalue weighted by Crippen LogP contribution is -2.16. The third-order valence-electron chi connectivity index (χ3n) is 4.07. The molecule has 0 radical (unpaired) electrons. The number of nitrogens with one attached hydrogen (secondary N) is 1. The standard InChI is InChI=1S/C17H20N2O/c1-10(2)19-11(3)9-15-16(19)17(20)12(4)13-7-5-6-8-14(13)18-15/h5-10,12,18H,1-4H3. The first-order chi connectivity index (χ1) is 9.50. The van der Waals surface area contributed by atoms with E-state index >= 15 is 0 Å². The van der Waals surface area contributed by atoms with Crippen molar-refractivity contribution in [1.82, 2.24) is 4.57 Å². The van der Waals surface area contributed by atoms with Crippen LogP contribution in [0.2, 0.25) is 0 Å². The predicted molar refractivity (Wildman–Crippen MR) is 82.0 cm³/mol. The van der Waals surface area contributed by atoms with Crippen LogP contribution in [-0.4, -0.2) is 10.4 Å². The van der Waals surface area contributed by atoms with Gasteiger partial charge in [0.25, 0.3) is 0 Å². The van der Waals surface area contributed by atoms with Gasteiger partial charge < -0.3 is 9.88 Å². The van der Waals surface area contributed by atoms with Crippen LogP contribution in [0.5, 0.6) is 0 Å². The number of aromatic nitrogens is 1. The van der Waals surface area contributed by atoms with E-state index in [-0.39, 0.29) is 17.7 Å². The maximum absolute atomic E-state index is 12.9. The Balaban J connectivity index is 2.25. The molecule has 3 rings (SSSR count). The van der Waals surface area contributed by atoms with Gasteiger partial charge in [-0.1, -0.05) is 25.1 Å². The van der Waals surface area contributed by atoms with Gasteiger partial charge in [-0.3, -0.25) is 4.79 Å². The molecule has 1 atom stereocenters. The Labute approximate surface area is 119 Å². The van der Waals surface area contributed by atoms with Crippen molar-refractivity contribution >= 4 is 17.2 Å². The third kappa shape index (κ3) is 1.77. The van der Waals surface area contributed by atoms with Gasteiger partial charge in [-0.2, -0.15) is 0 Å². The minimum absolute atomic E-state index is 0.119. The molecule has 1 unspecified atom stereocenters. The number of hydrogen-bond donors (Lipinski definition) is 1. The second-order valence-corrected chi connectivity index (χ2v) is 5.81. The van der Waals surface area contributed by atoms with Gasteiger partial charge in [-0.15, -0.1) is 0 Å². The Morgan fingerprint density at radius 3 is 2.60 bits per heavy atom. The number of rotatable bonds is 1. The van der Waals surface area contributed by atoms with Gasteiger partial charge in [0.05, 0.1) is 5.69 Å². The van der Waals surface area contributed by atoms with E-state index in [1.807, 2.05) is 31.2 Å². The highest BCUT2D eigenvalue weighted by Crippen LogP contribution is 2.38. The lowest BCUT2D eigenvalue weighted by atomic mass is 9.94. The van der Waals surface area contributed by atoms with Crippen LogP contribution in [0.25, 0.3) is 0 Å². The fraction of sp³-hybridized carbons (Fsp3) is 0.353. The van der Waals surface area contributed by atoms with Crippen LogP contribution >= 0.6 is 0 Å². The van der Waals surface area contributed by atoms with Crippen LogP contribution in [0.1, 0.15) is 54.5 Å². The van der Waals surface area contributed by atoms with Gasteiger partial charge in [0.1, 0.15) is 5.69 Å². The first-order valence-electron chi connectivity index (χ1n) is 7.12. The van der Waals surface area contributed by atoms with Crippen molar-refractivity contribution in [3.63, 3.8) is 0 Å². The highest BCUT2D eigenvalue weighted by Gasteiger charge is 2.30. The number of hydrogen-bond acceptors (Lipinski definition) is 2. The lowest BCUT2D eigenvalue weighted by Gasteiger charge is -2.17. The second-order valence-electron chi connectivity index (χ2n) is 5.81. The minimum Gasteiger partial charge on any atom is -0.353 e. The SMILES string of the molecule is Cc1cc2c(n1C(C)C)C(=O)C(C)c1ccccc1N2. The average molecular weight is 268 g/mol. The number of ketones is 1. The molecule has 0 fully saturated rings. The number of Topliss-reactive ketones (excluding diaryl/α,β-unsaturated/α-hetero) is 1. The molecule has 1 aromatic carbocycles. The number of carbonyl (C=O) groups excluding carboxylic acids is 1. The zero-order valence-electron chi connectivity index (χ0n) is 12.4. The van der Waals surface area contributed by atoms with Gasteiger partial charge in [-0.05, 0) is 38.5 Å². The molecular formula is C17H20N2O. The van der Waals surface area contributed by atoms with E-state index in [4.69, 9.17) is 0 Å². The first-order valence-corrected chi connectivity index (χ1v) is 7.12. The molecule has 0 saturated heterocycles. The van der Waals surface area contributed by atoms with Gasteiger partial charge in [-0.25, -0.2) is 0 Å². The molecule has 1 aliphatic heterocycles. The Hall–Kier alpha value is -2.03. The Morgan fingerprint density at radius 1 is 1.20 bits per heavy atom. The number of para-hydroxylation sites is 1. The van der Waals surface area contributed by atoms with E-state index in [1.165, 1.54) is 0 Å². The van der Waals surface area contributed by atoms with E-state index in [2.05, 4.69) is 36.7 Å². The molecule has 0 amide bonds. The van der Waals surface area contributed by atoms with Crippen molar-refractivity contribution in [2.24, 2.45) is 0 Å². The largest absolute Gasteiger partial charge is 0.353 e. The maximum atomic E-state index is 12.9. The van der Waals surface area contributed by atoms with Crippen molar-refractivity contribution in [1.29, 1.82) is 0 Å². The van der Waals surface area contributed by atoms with Gasteiger partial charge in [0.2, 0.25) is 0 Å². The number of anilines is 2. The molecule has 0 bridgehead atoms. The van der Waals surface area contributed by atoms with E-state index in [0.717, 1.165) is 28.3 Å². The highest BCUT2D eigenvalue weighted by molar-refractivity contribution is 6.07. The monoisotopic (exact) mass is 268 g/mol. The fourth-order valence-corrected chi connectivity index (χ4v) is 3.14. The summed E-state index contributed by atoms with van der Waals surface area (Å²) in [6.45, 7) is 8.28. The molecule has 1 aliphatic rings. The van der Waals surface area contributed by atoms with Crippen LogP contribution in [0, 0.1) is 6.92 Å². The molecule has 2 aromatic rings. The van der Waals surface area contributed by atoms with Crippen molar-refractivity contribution in [2.45, 2.75) is 39.7 Å². The smallest absolute Gasteiger partial charge is 0.188 e. The number of nitrogens with zero attached hydrogens (tertiary/aromatic N) is 1. The van der Waals surface area contributed by atoms with Crippen LogP contribution in [-0.2, 0) is 0 Å². The summed E-state index contributed by atoms with van der Waals surface area (Å²) in [5.74, 6) is 0.0750. The predicted octanol–water partition coefficient (Wildman–Crippen LogP) is 4.42. The Bertz CT molecular complexity index is 682. The number of benzene rings is 1. The summed E-state index contributed by atoms with van der Waals surface area (Å²) in [6.07, 6.45) is 0. The summed E-state index contributed by atoms with van der Waals surface area (Å²) in [6, 6.07) is 10.4. The van der Waals surface area contributed by atoms with Crippen LogP contribution in [0.4, 0.5) is 11.4 Å². The summed E-state index contributed by atoms with van der Waals surface area (Å²) in [5, 5.41) is 3.44. The van der Waals surface area contributed by atoms with Crippen molar-refractivity contribution < 1.29 is 4.79 Å². The topological polar surface area (TPSA) is 34.0 Å². The zero-order chi connectivity index (χ0) is 14.4. The minimum atomic E-state index is -0.119. The normalized spacial score (nSPS) is 17.4. The molecule has 20 heavy (non-hydrogen) atoms. The average Bonchev–Trinajstić information content (AvgIpc) is 2.69. The lowest BCUT2D eigenvalue weighted by molar-refractivity contribution is 0.0957. The molecular weight excluding hydrogens is 248 g/mol. The fourth-order valence-electron chi connectivity index (χ4n) is 3.14. The Morgan fingerprint density at radius 2 is 1.90 bits per heavy atom. The molecule has 104 valence electrons. The number of fused-ring (bicyclic) bond motifs is 2. The summed E-state index contributed by atoms with van der Waals surface area (Å²) in [4.78, 5) is 12.9. The highest BCUT2D eigenvalue weighted by atomic mass is 16.1. The quantitative estimate of drug-likeness (QED) is 0.830. The van der Waals surface area contributed by atoms with E-state index in [0.29, 0.717) is 0 Å². The molecule has 1 aromatic heterocycles. The summed E-state index contributed by atoms with van der Waals surface area (Å²) < 4.78 is 2.13. The van der Waals surface area contributed by atoms with Crippen LogP contribution in [0.15, 0.2) is 30.3 Å². The first kappa shape index (κ1) is 13.0. The van der Waals surface area contributed by atoms with Crippen LogP contribution in [0.3, 0.4) is 0 Å². The van der Waals surface area contributed by atoms with Crippen molar-refractivity contribution in [3.8, 4) is 0 Å². The molecule has 1 N–H and O–H groups in total. The molecule has 0 spiro atoms. The van der Waals surface area contributed by atoms with Gasteiger partial charge >= 0.3 is 0 Å². The Kier molecular flexibility index (Phi) is 2.93. The molecule has 0 saturated carbocycles. The van der Waals surface area contributed by atoms with Crippen molar-refractivity contribution in [3.05, 3.63) is 47.3 Å². The number of aryl methyl sites for hydroxylation is 1. The number of carbonyl (C=O) groups is 1. The third-order valence-corrected chi connectivity index (χ3v) is 4.07. The molecule has 0 aliphatic carbocycles. The van der Waals surface area contributed by atoms with E-state index in [9.17, 15) is 4.79 Å². The summed E-state index contributed by atoms with van der Waals surface area (Å²) in [7, 11) is 0. The second kappa shape index (κ2) is 4.51. The maximum Gasteiger partial charge on any atom is 0.188 e. The molecule has 3 heteroatoms. The van der Waals surface area contributed by atoms with Gasteiger partial charge in [0.15, 0.2) is 5.78 Å². The molecule has 2 heterocycles. The van der Waals surface area contributed by atoms with Gasteiger partial charge in [0, 0.05) is 23.3 Å². The summed E-state index contributed by atoms with van der Waals surface area (Å²) >= 11 is 0. The van der Waals surface area contributed by atoms with Crippen molar-refractivity contribution in [2.75, 3.05) is 5.32 Å². The zero-order valence-corrected chi connectivity index (χ0v) is 12.4. The molecule has 3 nitrogen and oxygen atoms in total. The van der Waals surface area contributed by atoms with E-state index < -0.39 is 0 Å². The van der Waals surface area contributed by atoms with E-state index in [1.54, 1.807) is 0 Å². The van der Waals surface area contributed by atoms with Crippen LogP contribution < -0.4 is 5.32 Å².